The molecule has 0 fully saturated rings. The predicted octanol–water partition coefficient (Wildman–Crippen LogP) is 2.92. The van der Waals surface area contributed by atoms with Gasteiger partial charge in [-0.15, -0.1) is 0 Å². The molecule has 25 heavy (non-hydrogen) atoms. The molecule has 0 aliphatic heterocycles. The summed E-state index contributed by atoms with van der Waals surface area (Å²) in [5.74, 6) is -0.310. The van der Waals surface area contributed by atoms with E-state index in [0.717, 1.165) is 5.56 Å². The molecule has 3 aromatic rings. The third kappa shape index (κ3) is 3.42. The summed E-state index contributed by atoms with van der Waals surface area (Å²) in [6.45, 7) is 2.34. The van der Waals surface area contributed by atoms with Crippen molar-refractivity contribution in [1.29, 1.82) is 5.41 Å². The molecule has 126 valence electrons. The number of fused-ring (bicyclic) bond motifs is 1. The van der Waals surface area contributed by atoms with Gasteiger partial charge in [-0.25, -0.2) is 4.98 Å². The zero-order chi connectivity index (χ0) is 17.8. The van der Waals surface area contributed by atoms with Gasteiger partial charge in [0.15, 0.2) is 5.96 Å². The largest absolute Gasteiger partial charge is 0.493 e. The number of amides is 1. The van der Waals surface area contributed by atoms with Crippen molar-refractivity contribution < 1.29 is 9.53 Å². The summed E-state index contributed by atoms with van der Waals surface area (Å²) in [7, 11) is 0. The third-order valence-electron chi connectivity index (χ3n) is 3.66. The molecule has 0 saturated heterocycles. The monoisotopic (exact) mass is 334 g/mol. The van der Waals surface area contributed by atoms with Crippen molar-refractivity contribution in [2.75, 3.05) is 6.61 Å². The summed E-state index contributed by atoms with van der Waals surface area (Å²) < 4.78 is 5.66. The van der Waals surface area contributed by atoms with Crippen LogP contribution in [0.15, 0.2) is 54.6 Å². The minimum atomic E-state index is -0.468. The molecule has 0 aliphatic rings. The maximum atomic E-state index is 12.6. The van der Waals surface area contributed by atoms with Gasteiger partial charge in [0.25, 0.3) is 5.91 Å². The lowest BCUT2D eigenvalue weighted by molar-refractivity contribution is 0.0978. The summed E-state index contributed by atoms with van der Waals surface area (Å²) in [6.07, 6.45) is 0. The van der Waals surface area contributed by atoms with E-state index in [9.17, 15) is 4.79 Å². The molecule has 4 N–H and O–H groups in total. The molecule has 1 amide bonds. The third-order valence-corrected chi connectivity index (χ3v) is 3.66. The van der Waals surface area contributed by atoms with E-state index in [0.29, 0.717) is 34.5 Å². The highest BCUT2D eigenvalue weighted by Gasteiger charge is 2.18. The average molecular weight is 334 g/mol. The number of nitrogens with one attached hydrogen (secondary N) is 2. The van der Waals surface area contributed by atoms with Gasteiger partial charge in [-0.05, 0) is 25.1 Å². The van der Waals surface area contributed by atoms with Crippen LogP contribution >= 0.6 is 0 Å². The second kappa shape index (κ2) is 7.00. The van der Waals surface area contributed by atoms with Crippen LogP contribution in [0.1, 0.15) is 17.3 Å². The molecule has 0 radical (unpaired) electrons. The number of benzene rings is 2. The van der Waals surface area contributed by atoms with Crippen LogP contribution in [0, 0.1) is 5.41 Å². The lowest BCUT2D eigenvalue weighted by atomic mass is 10.0. The van der Waals surface area contributed by atoms with Crippen LogP contribution in [0.3, 0.4) is 0 Å². The van der Waals surface area contributed by atoms with Gasteiger partial charge in [-0.3, -0.25) is 15.5 Å². The summed E-state index contributed by atoms with van der Waals surface area (Å²) in [5, 5.41) is 10.3. The van der Waals surface area contributed by atoms with Crippen molar-refractivity contribution in [3.05, 3.63) is 60.2 Å². The lowest BCUT2D eigenvalue weighted by Crippen LogP contribution is -2.35. The average Bonchev–Trinajstić information content (AvgIpc) is 2.61. The SMILES string of the molecule is CCOc1cccc2nc(-c3ccccc3)cc(C(=O)NC(=N)N)c12. The molecule has 1 aromatic heterocycles. The van der Waals surface area contributed by atoms with Crippen LogP contribution in [0.5, 0.6) is 5.75 Å². The molecular weight excluding hydrogens is 316 g/mol. The minimum Gasteiger partial charge on any atom is -0.493 e. The zero-order valence-electron chi connectivity index (χ0n) is 13.7. The molecule has 1 heterocycles. The van der Waals surface area contributed by atoms with Crippen LogP contribution in [-0.4, -0.2) is 23.5 Å². The Bertz CT molecular complexity index is 939. The molecule has 2 aromatic carbocycles. The number of ether oxygens (including phenoxy) is 1. The van der Waals surface area contributed by atoms with Crippen molar-refractivity contribution in [3.63, 3.8) is 0 Å². The van der Waals surface area contributed by atoms with Crippen molar-refractivity contribution in [2.24, 2.45) is 5.73 Å². The molecule has 0 saturated carbocycles. The number of nitrogens with zero attached hydrogens (tertiary/aromatic N) is 1. The van der Waals surface area contributed by atoms with Crippen LogP contribution in [0.25, 0.3) is 22.2 Å². The fourth-order valence-corrected chi connectivity index (χ4v) is 2.66. The Morgan fingerprint density at radius 3 is 2.64 bits per heavy atom. The molecule has 6 nitrogen and oxygen atoms in total. The van der Waals surface area contributed by atoms with Crippen LogP contribution in [0.2, 0.25) is 0 Å². The van der Waals surface area contributed by atoms with Gasteiger partial charge in [-0.1, -0.05) is 36.4 Å². The maximum Gasteiger partial charge on any atom is 0.258 e. The van der Waals surface area contributed by atoms with Crippen LogP contribution in [-0.2, 0) is 0 Å². The summed E-state index contributed by atoms with van der Waals surface area (Å²) in [4.78, 5) is 17.3. The Labute approximate surface area is 145 Å². The number of carbonyl (C=O) groups is 1. The fraction of sp³-hybridized carbons (Fsp3) is 0.105. The van der Waals surface area contributed by atoms with E-state index < -0.39 is 11.9 Å². The van der Waals surface area contributed by atoms with E-state index in [1.54, 1.807) is 12.1 Å². The molecule has 0 spiro atoms. The molecular formula is C19H18N4O2. The predicted molar refractivity (Wildman–Crippen MR) is 97.7 cm³/mol. The second-order valence-corrected chi connectivity index (χ2v) is 5.37. The van der Waals surface area contributed by atoms with Crippen LogP contribution < -0.4 is 15.8 Å². The van der Waals surface area contributed by atoms with Gasteiger partial charge in [0.1, 0.15) is 5.75 Å². The standard InChI is InChI=1S/C19H18N4O2/c1-2-25-16-10-6-9-14-17(16)13(18(24)23-19(20)21)11-15(22-14)12-7-4-3-5-8-12/h3-11H,2H2,1H3,(H4,20,21,23,24). The molecule has 0 atom stereocenters. The van der Waals surface area contributed by atoms with E-state index in [1.807, 2.05) is 49.4 Å². The topological polar surface area (TPSA) is 101 Å². The number of nitrogens with two attached hydrogens (primary N) is 1. The molecule has 0 unspecified atom stereocenters. The van der Waals surface area contributed by atoms with Gasteiger partial charge in [0.2, 0.25) is 0 Å². The first-order valence-corrected chi connectivity index (χ1v) is 7.87. The van der Waals surface area contributed by atoms with Gasteiger partial charge >= 0.3 is 0 Å². The Morgan fingerprint density at radius 2 is 1.96 bits per heavy atom. The smallest absolute Gasteiger partial charge is 0.258 e. The highest BCUT2D eigenvalue weighted by molar-refractivity contribution is 6.13. The summed E-state index contributed by atoms with van der Waals surface area (Å²) in [5.41, 5.74) is 7.88. The minimum absolute atomic E-state index is 0.364. The van der Waals surface area contributed by atoms with Crippen LogP contribution in [0.4, 0.5) is 0 Å². The molecule has 3 rings (SSSR count). The van der Waals surface area contributed by atoms with Crippen molar-refractivity contribution in [3.8, 4) is 17.0 Å². The molecule has 0 aliphatic carbocycles. The number of hydrogen-bond donors (Lipinski definition) is 3. The van der Waals surface area contributed by atoms with E-state index in [4.69, 9.17) is 15.9 Å². The first-order valence-electron chi connectivity index (χ1n) is 7.87. The first kappa shape index (κ1) is 16.4. The van der Waals surface area contributed by atoms with E-state index >= 15 is 0 Å². The normalized spacial score (nSPS) is 10.4. The van der Waals surface area contributed by atoms with Gasteiger partial charge in [0, 0.05) is 5.56 Å². The van der Waals surface area contributed by atoms with Crippen molar-refractivity contribution >= 4 is 22.8 Å². The van der Waals surface area contributed by atoms with Gasteiger partial charge < -0.3 is 10.5 Å². The van der Waals surface area contributed by atoms with Crippen molar-refractivity contribution in [2.45, 2.75) is 6.92 Å². The highest BCUT2D eigenvalue weighted by Crippen LogP contribution is 2.31. The lowest BCUT2D eigenvalue weighted by Gasteiger charge is -2.13. The number of carbonyl (C=O) groups excluding carboxylic acids is 1. The molecule has 6 heteroatoms. The van der Waals surface area contributed by atoms with Crippen molar-refractivity contribution in [1.82, 2.24) is 10.3 Å². The zero-order valence-corrected chi connectivity index (χ0v) is 13.7. The van der Waals surface area contributed by atoms with E-state index in [-0.39, 0.29) is 0 Å². The summed E-state index contributed by atoms with van der Waals surface area (Å²) in [6, 6.07) is 16.7. The number of rotatable bonds is 4. The van der Waals surface area contributed by atoms with E-state index in [2.05, 4.69) is 10.3 Å². The quantitative estimate of drug-likeness (QED) is 0.504. The highest BCUT2D eigenvalue weighted by atomic mass is 16.5. The Morgan fingerprint density at radius 1 is 1.20 bits per heavy atom. The number of hydrogen-bond acceptors (Lipinski definition) is 4. The Hall–Kier alpha value is -3.41. The summed E-state index contributed by atoms with van der Waals surface area (Å²) >= 11 is 0. The molecule has 0 bridgehead atoms. The first-order chi connectivity index (χ1) is 12.1. The second-order valence-electron chi connectivity index (χ2n) is 5.37. The number of aromatic nitrogens is 1. The number of pyridine rings is 1. The fourth-order valence-electron chi connectivity index (χ4n) is 2.66. The van der Waals surface area contributed by atoms with Gasteiger partial charge in [-0.2, -0.15) is 0 Å². The maximum absolute atomic E-state index is 12.6. The van der Waals surface area contributed by atoms with E-state index in [1.165, 1.54) is 0 Å². The van der Waals surface area contributed by atoms with Gasteiger partial charge in [0.05, 0.1) is 28.8 Å². The number of guanidine groups is 1. The Balaban J connectivity index is 2.26. The Kier molecular flexibility index (Phi) is 4.61.